The smallest absolute Gasteiger partial charge is 0.389 e. The Morgan fingerprint density at radius 2 is 2.08 bits per heavy atom. The highest BCUT2D eigenvalue weighted by Crippen LogP contribution is 2.33. The first kappa shape index (κ1) is 25.5. The third kappa shape index (κ3) is 6.34. The van der Waals surface area contributed by atoms with Crippen LogP contribution in [0.5, 0.6) is 0 Å². The average molecular weight is 503 g/mol. The molecule has 1 aromatic carbocycles. The van der Waals surface area contributed by atoms with Crippen LogP contribution in [-0.2, 0) is 0 Å². The molecule has 11 heteroatoms. The van der Waals surface area contributed by atoms with Crippen LogP contribution in [0.2, 0.25) is 0 Å². The van der Waals surface area contributed by atoms with Crippen molar-refractivity contribution in [2.45, 2.75) is 38.9 Å². The molecular weight excluding hydrogens is 473 g/mol. The quantitative estimate of drug-likeness (QED) is 0.362. The van der Waals surface area contributed by atoms with Crippen LogP contribution in [0.15, 0.2) is 42.7 Å². The number of carbonyl (C=O) groups excluding carboxylic acids is 1. The molecule has 4 rings (SSSR count). The minimum atomic E-state index is -4.23. The van der Waals surface area contributed by atoms with Crippen LogP contribution in [0.3, 0.4) is 0 Å². The largest absolute Gasteiger partial charge is 0.394 e. The number of aliphatic hydroxyl groups is 1. The fourth-order valence-corrected chi connectivity index (χ4v) is 4.32. The van der Waals surface area contributed by atoms with Crippen molar-refractivity contribution in [2.75, 3.05) is 30.3 Å². The van der Waals surface area contributed by atoms with Crippen molar-refractivity contribution in [3.63, 3.8) is 0 Å². The number of pyridine rings is 1. The zero-order chi connectivity index (χ0) is 25.9. The van der Waals surface area contributed by atoms with Gasteiger partial charge < -0.3 is 20.6 Å². The van der Waals surface area contributed by atoms with E-state index in [4.69, 9.17) is 0 Å². The Kier molecular flexibility index (Phi) is 7.48. The molecule has 0 bridgehead atoms. The summed E-state index contributed by atoms with van der Waals surface area (Å²) in [5.74, 6) is 0.00147. The number of alkyl halides is 3. The molecule has 3 aromatic rings. The van der Waals surface area contributed by atoms with E-state index in [0.717, 1.165) is 22.3 Å². The summed E-state index contributed by atoms with van der Waals surface area (Å²) < 4.78 is 38.2. The van der Waals surface area contributed by atoms with E-state index in [9.17, 15) is 23.1 Å². The summed E-state index contributed by atoms with van der Waals surface area (Å²) in [7, 11) is 0. The van der Waals surface area contributed by atoms with Crippen molar-refractivity contribution in [1.82, 2.24) is 20.1 Å². The Morgan fingerprint density at radius 1 is 1.28 bits per heavy atom. The molecule has 0 radical (unpaired) electrons. The van der Waals surface area contributed by atoms with Crippen molar-refractivity contribution in [3.05, 3.63) is 48.3 Å². The molecular formula is C25H29F3N6O2. The molecule has 1 fully saturated rings. The molecule has 36 heavy (non-hydrogen) atoms. The van der Waals surface area contributed by atoms with Crippen LogP contribution in [-0.4, -0.2) is 63.1 Å². The van der Waals surface area contributed by atoms with Crippen LogP contribution in [0.25, 0.3) is 22.4 Å². The number of urea groups is 1. The van der Waals surface area contributed by atoms with Gasteiger partial charge >= 0.3 is 12.2 Å². The lowest BCUT2D eigenvalue weighted by Gasteiger charge is -2.19. The van der Waals surface area contributed by atoms with Crippen molar-refractivity contribution in [2.24, 2.45) is 5.92 Å². The maximum absolute atomic E-state index is 12.8. The molecule has 0 aliphatic carbocycles. The maximum Gasteiger partial charge on any atom is 0.389 e. The second-order valence-corrected chi connectivity index (χ2v) is 9.22. The number of aromatic nitrogens is 3. The molecule has 0 unspecified atom stereocenters. The topological polar surface area (TPSA) is 106 Å². The van der Waals surface area contributed by atoms with Gasteiger partial charge in [0.2, 0.25) is 0 Å². The fourth-order valence-electron chi connectivity index (χ4n) is 4.32. The Hall–Kier alpha value is -3.60. The first-order valence-corrected chi connectivity index (χ1v) is 11.7. The van der Waals surface area contributed by atoms with Crippen LogP contribution < -0.4 is 10.6 Å². The number of rotatable bonds is 7. The van der Waals surface area contributed by atoms with Gasteiger partial charge in [-0.25, -0.2) is 9.78 Å². The molecule has 0 saturated carbocycles. The van der Waals surface area contributed by atoms with Gasteiger partial charge in [0.15, 0.2) is 0 Å². The molecule has 3 heterocycles. The van der Waals surface area contributed by atoms with E-state index in [2.05, 4.69) is 25.8 Å². The first-order chi connectivity index (χ1) is 17.1. The SMILES string of the molecule is Cc1ccc(NC(=O)N2CC[C@@H](CC(F)(F)F)C2)cc1-c1cc(N[C@@H](C)CO)nc(-c2cn[nH]c2)c1. The van der Waals surface area contributed by atoms with Crippen LogP contribution >= 0.6 is 0 Å². The Labute approximate surface area is 206 Å². The average Bonchev–Trinajstić information content (AvgIpc) is 3.51. The third-order valence-corrected chi connectivity index (χ3v) is 6.18. The second-order valence-electron chi connectivity index (χ2n) is 9.22. The summed E-state index contributed by atoms with van der Waals surface area (Å²) in [5.41, 5.74) is 4.67. The number of aryl methyl sites for hydroxylation is 1. The summed E-state index contributed by atoms with van der Waals surface area (Å²) in [6.07, 6.45) is -1.38. The number of H-pyrrole nitrogens is 1. The predicted octanol–water partition coefficient (Wildman–Crippen LogP) is 5.05. The highest BCUT2D eigenvalue weighted by molar-refractivity contribution is 5.91. The lowest BCUT2D eigenvalue weighted by molar-refractivity contribution is -0.143. The molecule has 4 N–H and O–H groups in total. The molecule has 2 aromatic heterocycles. The lowest BCUT2D eigenvalue weighted by Crippen LogP contribution is -2.33. The zero-order valence-electron chi connectivity index (χ0n) is 20.1. The Bertz CT molecular complexity index is 1200. The number of aliphatic hydroxyl groups excluding tert-OH is 1. The van der Waals surface area contributed by atoms with Crippen molar-refractivity contribution >= 4 is 17.5 Å². The van der Waals surface area contributed by atoms with Crippen LogP contribution in [0.1, 0.15) is 25.3 Å². The number of carbonyl (C=O) groups is 1. The number of anilines is 2. The number of hydrogen-bond donors (Lipinski definition) is 4. The Balaban J connectivity index is 1.57. The van der Waals surface area contributed by atoms with Gasteiger partial charge in [0.05, 0.1) is 18.5 Å². The number of amides is 2. The van der Waals surface area contributed by atoms with Crippen molar-refractivity contribution < 1.29 is 23.1 Å². The number of aromatic amines is 1. The van der Waals surface area contributed by atoms with Crippen molar-refractivity contribution in [1.29, 1.82) is 0 Å². The normalized spacial score (nSPS) is 16.7. The number of halogens is 3. The van der Waals surface area contributed by atoms with Crippen LogP contribution in [0.4, 0.5) is 29.5 Å². The summed E-state index contributed by atoms with van der Waals surface area (Å²) in [6, 6.07) is 8.64. The number of likely N-dealkylation sites (tertiary alicyclic amines) is 1. The number of nitrogens with one attached hydrogen (secondary N) is 3. The number of benzene rings is 1. The minimum Gasteiger partial charge on any atom is -0.394 e. The molecule has 1 saturated heterocycles. The summed E-state index contributed by atoms with van der Waals surface area (Å²) in [6.45, 7) is 4.10. The van der Waals surface area contributed by atoms with Crippen LogP contribution in [0, 0.1) is 12.8 Å². The van der Waals surface area contributed by atoms with E-state index in [-0.39, 0.29) is 19.2 Å². The highest BCUT2D eigenvalue weighted by Gasteiger charge is 2.36. The van der Waals surface area contributed by atoms with Gasteiger partial charge in [-0.15, -0.1) is 0 Å². The number of nitrogens with zero attached hydrogens (tertiary/aromatic N) is 3. The molecule has 1 aliphatic rings. The molecule has 2 atom stereocenters. The molecule has 192 valence electrons. The highest BCUT2D eigenvalue weighted by atomic mass is 19.4. The molecule has 1 aliphatic heterocycles. The molecule has 8 nitrogen and oxygen atoms in total. The molecule has 0 spiro atoms. The Morgan fingerprint density at radius 3 is 2.78 bits per heavy atom. The standard InChI is InChI=1S/C25H29F3N6O2/c1-15-3-4-20(32-24(36)34-6-5-17(13-34)10-25(26,27)28)9-21(15)18-7-22(19-11-29-30-12-19)33-23(8-18)31-16(2)14-35/h3-4,7-9,11-12,16-17,35H,5-6,10,13-14H2,1-2H3,(H,29,30)(H,31,33)(H,32,36)/t16-,17-/m0/s1. The summed E-state index contributed by atoms with van der Waals surface area (Å²) >= 11 is 0. The minimum absolute atomic E-state index is 0.0617. The van der Waals surface area contributed by atoms with E-state index in [1.54, 1.807) is 18.5 Å². The monoisotopic (exact) mass is 502 g/mol. The van der Waals surface area contributed by atoms with E-state index in [1.165, 1.54) is 4.90 Å². The second kappa shape index (κ2) is 10.6. The van der Waals surface area contributed by atoms with Gasteiger partial charge in [-0.3, -0.25) is 5.10 Å². The van der Waals surface area contributed by atoms with Crippen molar-refractivity contribution in [3.8, 4) is 22.4 Å². The molecule has 2 amide bonds. The maximum atomic E-state index is 12.8. The van der Waals surface area contributed by atoms with E-state index < -0.39 is 24.5 Å². The van der Waals surface area contributed by atoms with E-state index in [0.29, 0.717) is 30.2 Å². The van der Waals surface area contributed by atoms with E-state index >= 15 is 0 Å². The summed E-state index contributed by atoms with van der Waals surface area (Å²) in [5, 5.41) is 22.2. The van der Waals surface area contributed by atoms with E-state index in [1.807, 2.05) is 38.1 Å². The van der Waals surface area contributed by atoms with Gasteiger partial charge in [-0.2, -0.15) is 18.3 Å². The van der Waals surface area contributed by atoms with Gasteiger partial charge in [-0.1, -0.05) is 6.07 Å². The zero-order valence-corrected chi connectivity index (χ0v) is 20.1. The van der Waals surface area contributed by atoms with Gasteiger partial charge in [0.1, 0.15) is 5.82 Å². The third-order valence-electron chi connectivity index (χ3n) is 6.18. The predicted molar refractivity (Wildman–Crippen MR) is 132 cm³/mol. The van der Waals surface area contributed by atoms with Gasteiger partial charge in [0, 0.05) is 43.0 Å². The summed E-state index contributed by atoms with van der Waals surface area (Å²) in [4.78, 5) is 18.8. The lowest BCUT2D eigenvalue weighted by atomic mass is 9.99. The fraction of sp³-hybridized carbons (Fsp3) is 0.400. The van der Waals surface area contributed by atoms with Gasteiger partial charge in [0.25, 0.3) is 0 Å². The van der Waals surface area contributed by atoms with Gasteiger partial charge in [-0.05, 0) is 67.1 Å². The first-order valence-electron chi connectivity index (χ1n) is 11.7. The number of hydrogen-bond acceptors (Lipinski definition) is 5.